The topological polar surface area (TPSA) is 123 Å². The van der Waals surface area contributed by atoms with E-state index in [0.29, 0.717) is 28.3 Å². The van der Waals surface area contributed by atoms with Crippen LogP contribution in [0, 0.1) is 28.5 Å². The van der Waals surface area contributed by atoms with Crippen molar-refractivity contribution < 1.29 is 14.3 Å². The van der Waals surface area contributed by atoms with Crippen molar-refractivity contribution in [3.05, 3.63) is 66.0 Å². The van der Waals surface area contributed by atoms with Gasteiger partial charge in [0.2, 0.25) is 0 Å². The van der Waals surface area contributed by atoms with Crippen LogP contribution in [0.1, 0.15) is 36.9 Å². The van der Waals surface area contributed by atoms with Crippen LogP contribution in [0.2, 0.25) is 0 Å². The number of nitrogens with zero attached hydrogens (tertiary/aromatic N) is 7. The number of carbonyl (C=O) groups is 1. The van der Waals surface area contributed by atoms with Crippen LogP contribution in [0.15, 0.2) is 58.8 Å². The Morgan fingerprint density at radius 1 is 1.08 bits per heavy atom. The van der Waals surface area contributed by atoms with Gasteiger partial charge in [0, 0.05) is 33.3 Å². The van der Waals surface area contributed by atoms with Crippen molar-refractivity contribution in [3.63, 3.8) is 0 Å². The molecule has 0 amide bonds. The zero-order valence-corrected chi connectivity index (χ0v) is 21.8. The molecular weight excluding hydrogens is 505 g/mol. The Morgan fingerprint density at radius 2 is 1.79 bits per heavy atom. The largest absolute Gasteiger partial charge is 0.386 e. The molecule has 1 atom stereocenters. The quantitative estimate of drug-likeness (QED) is 0.383. The molecule has 0 bridgehead atoms. The number of carbonyl (C=O) groups excluding carboxylic acids is 1. The minimum Gasteiger partial charge on any atom is -0.386 e. The Labute approximate surface area is 223 Å². The van der Waals surface area contributed by atoms with E-state index in [-0.39, 0.29) is 5.56 Å². The summed E-state index contributed by atoms with van der Waals surface area (Å²) in [4.78, 5) is 13.0. The molecule has 5 rings (SSSR count). The van der Waals surface area contributed by atoms with E-state index in [1.54, 1.807) is 10.6 Å². The third kappa shape index (κ3) is 6.09. The highest BCUT2D eigenvalue weighted by molar-refractivity contribution is 7.99. The number of hydrogen-bond acceptors (Lipinski definition) is 8. The molecule has 194 valence electrons. The normalized spacial score (nSPS) is 14.8. The molecule has 4 heterocycles. The van der Waals surface area contributed by atoms with Crippen molar-refractivity contribution >= 4 is 23.6 Å². The number of nitriles is 2. The number of hydrogen-bond donors (Lipinski definition) is 1. The third-order valence-corrected chi connectivity index (χ3v) is 7.28. The number of benzene rings is 1. The summed E-state index contributed by atoms with van der Waals surface area (Å²) >= 11 is 1.32. The second-order valence-corrected chi connectivity index (χ2v) is 10.1. The molecule has 4 aromatic rings. The second-order valence-electron chi connectivity index (χ2n) is 9.03. The van der Waals surface area contributed by atoms with Gasteiger partial charge in [-0.1, -0.05) is 11.8 Å². The van der Waals surface area contributed by atoms with E-state index in [1.807, 2.05) is 23.1 Å². The molecule has 1 saturated heterocycles. The molecule has 38 heavy (non-hydrogen) atoms. The smallest absolute Gasteiger partial charge is 0.148 e. The molecule has 9 nitrogen and oxygen atoms in total. The molecule has 1 aliphatic rings. The van der Waals surface area contributed by atoms with Crippen LogP contribution in [-0.4, -0.2) is 61.9 Å². The molecule has 1 aliphatic heterocycles. The van der Waals surface area contributed by atoms with E-state index in [2.05, 4.69) is 40.5 Å². The van der Waals surface area contributed by atoms with Gasteiger partial charge in [-0.25, -0.2) is 8.91 Å². The summed E-state index contributed by atoms with van der Waals surface area (Å²) in [6.45, 7) is 3.51. The second kappa shape index (κ2) is 12.0. The van der Waals surface area contributed by atoms with E-state index in [9.17, 15) is 19.7 Å². The Hall–Kier alpha value is -4.03. The number of halogens is 1. The first kappa shape index (κ1) is 27.0. The Morgan fingerprint density at radius 3 is 2.45 bits per heavy atom. The lowest BCUT2D eigenvalue weighted by molar-refractivity contribution is -0.114. The minimum atomic E-state index is -0.796. The van der Waals surface area contributed by atoms with Crippen LogP contribution in [0.25, 0.3) is 16.6 Å². The maximum absolute atomic E-state index is 13.6. The van der Waals surface area contributed by atoms with Gasteiger partial charge in [0.25, 0.3) is 0 Å². The fourth-order valence-corrected chi connectivity index (χ4v) is 5.22. The highest BCUT2D eigenvalue weighted by Gasteiger charge is 2.20. The molecule has 0 unspecified atom stereocenters. The lowest BCUT2D eigenvalue weighted by Crippen LogP contribution is -2.31. The monoisotopic (exact) mass is 531 g/mol. The number of likely N-dealkylation sites (tertiary alicyclic amines) is 1. The maximum Gasteiger partial charge on any atom is 0.148 e. The molecule has 1 aromatic carbocycles. The Balaban J connectivity index is 0.000000617. The number of aldehydes is 1. The zero-order valence-electron chi connectivity index (χ0n) is 21.0. The molecule has 1 fully saturated rings. The van der Waals surface area contributed by atoms with Gasteiger partial charge in [-0.2, -0.15) is 20.7 Å². The van der Waals surface area contributed by atoms with Gasteiger partial charge in [-0.15, -0.1) is 0 Å². The molecule has 0 radical (unpaired) electrons. The fourth-order valence-electron chi connectivity index (χ4n) is 4.15. The molecule has 3 aromatic heterocycles. The fraction of sp³-hybridized carbons (Fsp3) is 0.296. The van der Waals surface area contributed by atoms with Gasteiger partial charge in [0.15, 0.2) is 0 Å². The van der Waals surface area contributed by atoms with Crippen molar-refractivity contribution in [2.75, 3.05) is 20.1 Å². The van der Waals surface area contributed by atoms with Gasteiger partial charge in [0.1, 0.15) is 30.3 Å². The number of aliphatic hydroxyl groups is 1. The summed E-state index contributed by atoms with van der Waals surface area (Å²) in [7, 11) is 2.14. The highest BCUT2D eigenvalue weighted by atomic mass is 32.2. The predicted molar refractivity (Wildman–Crippen MR) is 140 cm³/mol. The predicted octanol–water partition coefficient (Wildman–Crippen LogP) is 4.06. The summed E-state index contributed by atoms with van der Waals surface area (Å²) in [6, 6.07) is 10.7. The van der Waals surface area contributed by atoms with Crippen LogP contribution in [-0.2, 0) is 4.79 Å². The molecule has 0 aliphatic carbocycles. The van der Waals surface area contributed by atoms with Crippen LogP contribution in [0.5, 0.6) is 0 Å². The highest BCUT2D eigenvalue weighted by Crippen LogP contribution is 2.37. The maximum atomic E-state index is 13.6. The van der Waals surface area contributed by atoms with Crippen molar-refractivity contribution in [3.8, 4) is 23.3 Å². The lowest BCUT2D eigenvalue weighted by Gasteiger charge is -2.28. The van der Waals surface area contributed by atoms with Crippen molar-refractivity contribution in [2.24, 2.45) is 0 Å². The van der Waals surface area contributed by atoms with Gasteiger partial charge in [-0.05, 0) is 64.2 Å². The third-order valence-electron chi connectivity index (χ3n) is 6.17. The zero-order chi connectivity index (χ0) is 27.2. The molecule has 0 saturated carbocycles. The first-order valence-electron chi connectivity index (χ1n) is 12.0. The molecule has 1 N–H and O–H groups in total. The Kier molecular flexibility index (Phi) is 8.54. The van der Waals surface area contributed by atoms with Crippen molar-refractivity contribution in [1.29, 1.82) is 10.5 Å². The summed E-state index contributed by atoms with van der Waals surface area (Å²) in [6.07, 6.45) is 9.11. The number of pyridine rings is 1. The van der Waals surface area contributed by atoms with Crippen molar-refractivity contribution in [2.45, 2.75) is 41.7 Å². The first-order chi connectivity index (χ1) is 18.3. The lowest BCUT2D eigenvalue weighted by atomic mass is 10.1. The number of rotatable bonds is 5. The van der Waals surface area contributed by atoms with Crippen LogP contribution in [0.4, 0.5) is 4.39 Å². The van der Waals surface area contributed by atoms with E-state index in [0.717, 1.165) is 42.0 Å². The summed E-state index contributed by atoms with van der Waals surface area (Å²) in [5.74, 6) is -0.460. The van der Waals surface area contributed by atoms with Crippen LogP contribution < -0.4 is 0 Å². The van der Waals surface area contributed by atoms with Gasteiger partial charge < -0.3 is 14.8 Å². The first-order valence-corrected chi connectivity index (χ1v) is 12.8. The molecule has 0 spiro atoms. The molecule has 11 heteroatoms. The Bertz CT molecular complexity index is 1520. The van der Waals surface area contributed by atoms with Crippen LogP contribution >= 0.6 is 11.8 Å². The average molecular weight is 532 g/mol. The summed E-state index contributed by atoms with van der Waals surface area (Å²) in [5.41, 5.74) is 3.19. The van der Waals surface area contributed by atoms with Gasteiger partial charge >= 0.3 is 0 Å². The van der Waals surface area contributed by atoms with Crippen molar-refractivity contribution in [1.82, 2.24) is 24.3 Å². The summed E-state index contributed by atoms with van der Waals surface area (Å²) < 4.78 is 17.3. The SMILES string of the molecule is CN1CCC(n2cc(-c3cc(Sc4ccc(F)cc4C#N)c4c(C#N)cnn4c3)cn2)CC1.C[C@@H](O)C=O. The van der Waals surface area contributed by atoms with Gasteiger partial charge in [-0.3, -0.25) is 4.68 Å². The van der Waals surface area contributed by atoms with Crippen LogP contribution in [0.3, 0.4) is 0 Å². The van der Waals surface area contributed by atoms with E-state index < -0.39 is 11.9 Å². The average Bonchev–Trinajstić information content (AvgIpc) is 3.58. The van der Waals surface area contributed by atoms with E-state index >= 15 is 0 Å². The van der Waals surface area contributed by atoms with E-state index in [4.69, 9.17) is 5.11 Å². The number of aliphatic hydroxyl groups excluding tert-OH is 1. The van der Waals surface area contributed by atoms with Gasteiger partial charge in [0.05, 0.1) is 35.1 Å². The standard InChI is InChI=1S/C24H20FN7S.C3H6O2/c1-30-6-4-21(5-7-30)31-15-19(13-28-31)17-9-23(24-18(11-27)12-29-32(24)14-17)33-22-3-2-20(25)8-16(22)10-26;1-3(5)2-4/h2-3,8-9,12-15,21H,4-7H2,1H3;2-3,5H,1H3/t;3-/m.1/s1. The number of piperidine rings is 1. The minimum absolute atomic E-state index is 0.247. The number of aromatic nitrogens is 4. The van der Waals surface area contributed by atoms with E-state index in [1.165, 1.54) is 37.0 Å². The number of fused-ring (bicyclic) bond motifs is 1. The summed E-state index contributed by atoms with van der Waals surface area (Å²) in [5, 5.41) is 36.0. The molecular formula is C27H26FN7O2S.